The van der Waals surface area contributed by atoms with Crippen molar-refractivity contribution in [3.63, 3.8) is 0 Å². The highest BCUT2D eigenvalue weighted by Crippen LogP contribution is 2.24. The van der Waals surface area contributed by atoms with Crippen LogP contribution in [0.15, 0.2) is 53.0 Å². The minimum atomic E-state index is -0.449. The predicted molar refractivity (Wildman–Crippen MR) is 83.2 cm³/mol. The molecule has 0 radical (unpaired) electrons. The summed E-state index contributed by atoms with van der Waals surface area (Å²) in [5.74, 6) is 0. The number of hydrogen-bond acceptors (Lipinski definition) is 1. The van der Waals surface area contributed by atoms with Gasteiger partial charge in [0.15, 0.2) is 0 Å². The first-order valence-corrected chi connectivity index (χ1v) is 7.50. The first-order valence-electron chi connectivity index (χ1n) is 6.71. The molecule has 1 atom stereocenters. The van der Waals surface area contributed by atoms with E-state index in [1.807, 2.05) is 36.4 Å². The molecule has 0 aliphatic carbocycles. The van der Waals surface area contributed by atoms with Gasteiger partial charge in [0, 0.05) is 10.9 Å². The predicted octanol–water partition coefficient (Wildman–Crippen LogP) is 4.68. The molecule has 0 bridgehead atoms. The van der Waals surface area contributed by atoms with E-state index in [2.05, 4.69) is 35.0 Å². The molecule has 19 heavy (non-hydrogen) atoms. The molecule has 1 N–H and O–H groups in total. The van der Waals surface area contributed by atoms with Crippen LogP contribution in [0.5, 0.6) is 0 Å². The van der Waals surface area contributed by atoms with Crippen molar-refractivity contribution in [3.05, 3.63) is 69.7 Å². The second-order valence-electron chi connectivity index (χ2n) is 4.81. The van der Waals surface area contributed by atoms with Crippen molar-refractivity contribution in [1.82, 2.24) is 0 Å². The normalized spacial score (nSPS) is 12.4. The molecular formula is C17H19BrO. The molecular weight excluding hydrogens is 300 g/mol. The van der Waals surface area contributed by atoms with Gasteiger partial charge in [-0.1, -0.05) is 71.7 Å². The number of aliphatic hydroxyl groups excluding tert-OH is 1. The van der Waals surface area contributed by atoms with Gasteiger partial charge in [-0.2, -0.15) is 0 Å². The Morgan fingerprint density at radius 2 is 1.89 bits per heavy atom. The summed E-state index contributed by atoms with van der Waals surface area (Å²) in [6.45, 7) is 2.17. The zero-order valence-electron chi connectivity index (χ0n) is 11.1. The van der Waals surface area contributed by atoms with Crippen LogP contribution in [0.3, 0.4) is 0 Å². The summed E-state index contributed by atoms with van der Waals surface area (Å²) in [6, 6.07) is 16.3. The molecule has 2 rings (SSSR count). The van der Waals surface area contributed by atoms with Crippen LogP contribution in [0.1, 0.15) is 36.1 Å². The van der Waals surface area contributed by atoms with E-state index >= 15 is 0 Å². The molecule has 100 valence electrons. The van der Waals surface area contributed by atoms with E-state index in [0.717, 1.165) is 28.4 Å². The smallest absolute Gasteiger partial charge is 0.0830 e. The molecule has 2 aromatic rings. The molecule has 0 amide bonds. The fraction of sp³-hybridized carbons (Fsp3) is 0.294. The van der Waals surface area contributed by atoms with Gasteiger partial charge in [0.1, 0.15) is 0 Å². The van der Waals surface area contributed by atoms with Gasteiger partial charge in [-0.15, -0.1) is 0 Å². The number of rotatable bonds is 5. The van der Waals surface area contributed by atoms with E-state index in [0.29, 0.717) is 6.42 Å². The minimum absolute atomic E-state index is 0.449. The molecule has 0 fully saturated rings. The minimum Gasteiger partial charge on any atom is -0.388 e. The maximum Gasteiger partial charge on any atom is 0.0830 e. The van der Waals surface area contributed by atoms with E-state index < -0.39 is 6.10 Å². The summed E-state index contributed by atoms with van der Waals surface area (Å²) < 4.78 is 1.05. The van der Waals surface area contributed by atoms with Gasteiger partial charge in [0.25, 0.3) is 0 Å². The standard InChI is InChI=1S/C17H19BrO/c1-2-6-13-7-5-9-15(11-13)17(19)12-14-8-3-4-10-16(14)18/h3-5,7-11,17,19H,2,6,12H2,1H3. The topological polar surface area (TPSA) is 20.2 Å². The summed E-state index contributed by atoms with van der Waals surface area (Å²) in [5.41, 5.74) is 3.43. The van der Waals surface area contributed by atoms with Crippen LogP contribution in [0, 0.1) is 0 Å². The lowest BCUT2D eigenvalue weighted by molar-refractivity contribution is 0.178. The average Bonchev–Trinajstić information content (AvgIpc) is 2.42. The van der Waals surface area contributed by atoms with Crippen LogP contribution in [0.25, 0.3) is 0 Å². The van der Waals surface area contributed by atoms with Crippen molar-refractivity contribution in [2.45, 2.75) is 32.3 Å². The fourth-order valence-corrected chi connectivity index (χ4v) is 2.68. The average molecular weight is 319 g/mol. The molecule has 1 nitrogen and oxygen atoms in total. The van der Waals surface area contributed by atoms with Gasteiger partial charge in [0.05, 0.1) is 6.10 Å². The molecule has 2 aromatic carbocycles. The molecule has 1 unspecified atom stereocenters. The van der Waals surface area contributed by atoms with Crippen LogP contribution in [0.2, 0.25) is 0 Å². The Morgan fingerprint density at radius 1 is 1.11 bits per heavy atom. The first kappa shape index (κ1) is 14.3. The highest BCUT2D eigenvalue weighted by Gasteiger charge is 2.10. The zero-order chi connectivity index (χ0) is 13.7. The Bertz CT molecular complexity index is 536. The number of aliphatic hydroxyl groups is 1. The van der Waals surface area contributed by atoms with Crippen LogP contribution in [-0.2, 0) is 12.8 Å². The lowest BCUT2D eigenvalue weighted by Gasteiger charge is -2.13. The third kappa shape index (κ3) is 3.92. The summed E-state index contributed by atoms with van der Waals surface area (Å²) >= 11 is 3.53. The Hall–Kier alpha value is -1.12. The SMILES string of the molecule is CCCc1cccc(C(O)Cc2ccccc2Br)c1. The van der Waals surface area contributed by atoms with Gasteiger partial charge >= 0.3 is 0 Å². The van der Waals surface area contributed by atoms with E-state index in [1.54, 1.807) is 0 Å². The van der Waals surface area contributed by atoms with E-state index in [1.165, 1.54) is 5.56 Å². The lowest BCUT2D eigenvalue weighted by Crippen LogP contribution is -2.03. The van der Waals surface area contributed by atoms with Crippen molar-refractivity contribution in [2.75, 3.05) is 0 Å². The third-order valence-corrected chi connectivity index (χ3v) is 4.02. The maximum atomic E-state index is 10.4. The van der Waals surface area contributed by atoms with Crippen molar-refractivity contribution in [3.8, 4) is 0 Å². The van der Waals surface area contributed by atoms with E-state index in [4.69, 9.17) is 0 Å². The lowest BCUT2D eigenvalue weighted by atomic mass is 9.98. The number of benzene rings is 2. The van der Waals surface area contributed by atoms with Gasteiger partial charge in [-0.3, -0.25) is 0 Å². The highest BCUT2D eigenvalue weighted by atomic mass is 79.9. The maximum absolute atomic E-state index is 10.4. The quantitative estimate of drug-likeness (QED) is 0.848. The van der Waals surface area contributed by atoms with Crippen LogP contribution < -0.4 is 0 Å². The van der Waals surface area contributed by atoms with Gasteiger partial charge in [-0.25, -0.2) is 0 Å². The molecule has 0 heterocycles. The van der Waals surface area contributed by atoms with Crippen molar-refractivity contribution < 1.29 is 5.11 Å². The second-order valence-corrected chi connectivity index (χ2v) is 5.66. The van der Waals surface area contributed by atoms with Crippen molar-refractivity contribution in [1.29, 1.82) is 0 Å². The number of aryl methyl sites for hydroxylation is 1. The number of halogens is 1. The van der Waals surface area contributed by atoms with Crippen molar-refractivity contribution >= 4 is 15.9 Å². The van der Waals surface area contributed by atoms with Gasteiger partial charge in [0.2, 0.25) is 0 Å². The van der Waals surface area contributed by atoms with E-state index in [-0.39, 0.29) is 0 Å². The molecule has 0 spiro atoms. The zero-order valence-corrected chi connectivity index (χ0v) is 12.7. The summed E-state index contributed by atoms with van der Waals surface area (Å²) in [6.07, 6.45) is 2.38. The summed E-state index contributed by atoms with van der Waals surface area (Å²) in [5, 5.41) is 10.4. The van der Waals surface area contributed by atoms with Crippen LogP contribution >= 0.6 is 15.9 Å². The molecule has 0 saturated carbocycles. The largest absolute Gasteiger partial charge is 0.388 e. The second kappa shape index (κ2) is 6.88. The van der Waals surface area contributed by atoms with Crippen LogP contribution in [0.4, 0.5) is 0 Å². The van der Waals surface area contributed by atoms with E-state index in [9.17, 15) is 5.11 Å². The fourth-order valence-electron chi connectivity index (χ4n) is 2.23. The summed E-state index contributed by atoms with van der Waals surface area (Å²) in [4.78, 5) is 0. The summed E-state index contributed by atoms with van der Waals surface area (Å²) in [7, 11) is 0. The Morgan fingerprint density at radius 3 is 2.63 bits per heavy atom. The highest BCUT2D eigenvalue weighted by molar-refractivity contribution is 9.10. The Labute approximate surface area is 123 Å². The molecule has 0 aromatic heterocycles. The molecule has 0 saturated heterocycles. The number of hydrogen-bond donors (Lipinski definition) is 1. The molecule has 2 heteroatoms. The molecule has 0 aliphatic rings. The van der Waals surface area contributed by atoms with Crippen molar-refractivity contribution in [2.24, 2.45) is 0 Å². The third-order valence-electron chi connectivity index (χ3n) is 3.25. The van der Waals surface area contributed by atoms with Crippen LogP contribution in [-0.4, -0.2) is 5.11 Å². The van der Waals surface area contributed by atoms with Gasteiger partial charge < -0.3 is 5.11 Å². The Balaban J connectivity index is 2.13. The van der Waals surface area contributed by atoms with Gasteiger partial charge in [-0.05, 0) is 29.2 Å². The first-order chi connectivity index (χ1) is 9.20. The monoisotopic (exact) mass is 318 g/mol. The Kier molecular flexibility index (Phi) is 5.17. The molecule has 0 aliphatic heterocycles.